The van der Waals surface area contributed by atoms with E-state index in [0.717, 1.165) is 116 Å². The largest absolute Gasteiger partial charge is 0.462 e. The predicted octanol–water partition coefficient (Wildman–Crippen LogP) is 19.5. The van der Waals surface area contributed by atoms with Gasteiger partial charge in [0.2, 0.25) is 0 Å². The molecule has 0 aliphatic rings. The zero-order valence-electron chi connectivity index (χ0n) is 46.3. The summed E-state index contributed by atoms with van der Waals surface area (Å²) in [7, 11) is 0. The van der Waals surface area contributed by atoms with E-state index in [-0.39, 0.29) is 44.4 Å². The number of carbonyl (C=O) groups excluding carboxylic acids is 3. The molecule has 73 heavy (non-hydrogen) atoms. The van der Waals surface area contributed by atoms with Crippen LogP contribution in [0.25, 0.3) is 0 Å². The minimum Gasteiger partial charge on any atom is -0.462 e. The highest BCUT2D eigenvalue weighted by Gasteiger charge is 2.19. The first kappa shape index (κ1) is 67.8. The fraction of sp³-hybridized carbons (Fsp3) is 0.537. The van der Waals surface area contributed by atoms with Crippen molar-refractivity contribution in [1.82, 2.24) is 0 Å². The van der Waals surface area contributed by atoms with E-state index in [2.05, 4.69) is 179 Å². The third-order valence-electron chi connectivity index (χ3n) is 11.2. The van der Waals surface area contributed by atoms with Gasteiger partial charge in [-0.3, -0.25) is 14.4 Å². The molecule has 0 aliphatic heterocycles. The van der Waals surface area contributed by atoms with E-state index in [9.17, 15) is 14.4 Å². The minimum atomic E-state index is -0.859. The Morgan fingerprint density at radius 2 is 0.575 bits per heavy atom. The molecule has 0 rings (SSSR count). The van der Waals surface area contributed by atoms with Gasteiger partial charge < -0.3 is 14.2 Å². The number of hydrogen-bond acceptors (Lipinski definition) is 6. The Hall–Kier alpha value is -5.23. The number of esters is 3. The van der Waals surface area contributed by atoms with Crippen molar-refractivity contribution in [3.63, 3.8) is 0 Å². The van der Waals surface area contributed by atoms with Crippen molar-refractivity contribution in [2.24, 2.45) is 0 Å². The van der Waals surface area contributed by atoms with Crippen LogP contribution in [0.3, 0.4) is 0 Å². The molecular formula is C67H102O6. The van der Waals surface area contributed by atoms with E-state index >= 15 is 0 Å². The van der Waals surface area contributed by atoms with Crippen molar-refractivity contribution >= 4 is 17.9 Å². The van der Waals surface area contributed by atoms with Crippen LogP contribution in [0.2, 0.25) is 0 Å². The summed E-state index contributed by atoms with van der Waals surface area (Å²) in [6.45, 7) is 6.25. The maximum absolute atomic E-state index is 12.8. The van der Waals surface area contributed by atoms with E-state index in [4.69, 9.17) is 14.2 Å². The third-order valence-corrected chi connectivity index (χ3v) is 11.2. The number of hydrogen-bond donors (Lipinski definition) is 0. The van der Waals surface area contributed by atoms with Gasteiger partial charge in [-0.05, 0) is 135 Å². The maximum atomic E-state index is 12.8. The quantitative estimate of drug-likeness (QED) is 0.0261. The Labute approximate surface area is 447 Å². The van der Waals surface area contributed by atoms with Gasteiger partial charge in [0.15, 0.2) is 6.10 Å². The molecule has 0 heterocycles. The van der Waals surface area contributed by atoms with Crippen LogP contribution in [0.15, 0.2) is 170 Å². The van der Waals surface area contributed by atoms with Crippen molar-refractivity contribution in [3.05, 3.63) is 170 Å². The molecule has 0 saturated heterocycles. The molecule has 0 amide bonds. The van der Waals surface area contributed by atoms with E-state index in [1.54, 1.807) is 0 Å². The van der Waals surface area contributed by atoms with Crippen LogP contribution in [-0.4, -0.2) is 37.2 Å². The normalized spacial score (nSPS) is 13.4. The summed E-state index contributed by atoms with van der Waals surface area (Å²) < 4.78 is 16.7. The van der Waals surface area contributed by atoms with Crippen LogP contribution in [0.5, 0.6) is 0 Å². The highest BCUT2D eigenvalue weighted by atomic mass is 16.6. The van der Waals surface area contributed by atoms with Gasteiger partial charge in [0.25, 0.3) is 0 Å². The van der Waals surface area contributed by atoms with E-state index in [1.807, 2.05) is 12.2 Å². The lowest BCUT2D eigenvalue weighted by Gasteiger charge is -2.18. The van der Waals surface area contributed by atoms with Gasteiger partial charge in [-0.1, -0.05) is 229 Å². The summed E-state index contributed by atoms with van der Waals surface area (Å²) in [5.41, 5.74) is 0. The predicted molar refractivity (Wildman–Crippen MR) is 315 cm³/mol. The number of carbonyl (C=O) groups is 3. The summed E-state index contributed by atoms with van der Waals surface area (Å²) in [6.07, 6.45) is 87.9. The lowest BCUT2D eigenvalue weighted by atomic mass is 10.1. The molecule has 0 bridgehead atoms. The highest BCUT2D eigenvalue weighted by molar-refractivity contribution is 5.71. The van der Waals surface area contributed by atoms with E-state index in [0.29, 0.717) is 12.8 Å². The van der Waals surface area contributed by atoms with Gasteiger partial charge in [0.05, 0.1) is 0 Å². The Bertz CT molecular complexity index is 1720. The molecule has 0 spiro atoms. The second-order valence-corrected chi connectivity index (χ2v) is 18.1. The average Bonchev–Trinajstić information content (AvgIpc) is 3.39. The molecule has 0 fully saturated rings. The molecule has 0 aromatic heterocycles. The molecule has 6 nitrogen and oxygen atoms in total. The zero-order chi connectivity index (χ0) is 52.9. The fourth-order valence-corrected chi connectivity index (χ4v) is 6.98. The second-order valence-electron chi connectivity index (χ2n) is 18.1. The Morgan fingerprint density at radius 1 is 0.288 bits per heavy atom. The molecule has 0 N–H and O–H groups in total. The lowest BCUT2D eigenvalue weighted by molar-refractivity contribution is -0.166. The molecule has 0 unspecified atom stereocenters. The molecule has 0 aliphatic carbocycles. The zero-order valence-corrected chi connectivity index (χ0v) is 46.3. The highest BCUT2D eigenvalue weighted by Crippen LogP contribution is 2.10. The topological polar surface area (TPSA) is 78.9 Å². The fourth-order valence-electron chi connectivity index (χ4n) is 6.98. The Balaban J connectivity index is 4.67. The summed E-state index contributed by atoms with van der Waals surface area (Å²) in [5.74, 6) is -1.13. The first-order valence-electron chi connectivity index (χ1n) is 28.6. The second kappa shape index (κ2) is 59.3. The molecule has 1 atom stereocenters. The molecule has 0 aromatic carbocycles. The van der Waals surface area contributed by atoms with E-state index in [1.165, 1.54) is 44.9 Å². The summed E-state index contributed by atoms with van der Waals surface area (Å²) in [4.78, 5) is 38.1. The van der Waals surface area contributed by atoms with Crippen LogP contribution in [0.1, 0.15) is 213 Å². The van der Waals surface area contributed by atoms with Crippen LogP contribution in [0.4, 0.5) is 0 Å². The van der Waals surface area contributed by atoms with Gasteiger partial charge in [-0.15, -0.1) is 0 Å². The van der Waals surface area contributed by atoms with Crippen LogP contribution in [0, 0.1) is 0 Å². The first-order chi connectivity index (χ1) is 36.0. The van der Waals surface area contributed by atoms with Crippen LogP contribution in [-0.2, 0) is 28.6 Å². The molecule has 6 heteroatoms. The van der Waals surface area contributed by atoms with Gasteiger partial charge >= 0.3 is 17.9 Å². The number of unbranched alkanes of at least 4 members (excludes halogenated alkanes) is 10. The first-order valence-corrected chi connectivity index (χ1v) is 28.6. The summed E-state index contributed by atoms with van der Waals surface area (Å²) >= 11 is 0. The molecular weight excluding hydrogens is 901 g/mol. The minimum absolute atomic E-state index is 0.147. The van der Waals surface area contributed by atoms with Gasteiger partial charge in [0.1, 0.15) is 13.2 Å². The summed E-state index contributed by atoms with van der Waals surface area (Å²) in [6, 6.07) is 0. The van der Waals surface area contributed by atoms with Gasteiger partial charge in [-0.25, -0.2) is 0 Å². The van der Waals surface area contributed by atoms with Crippen molar-refractivity contribution in [3.8, 4) is 0 Å². The van der Waals surface area contributed by atoms with E-state index < -0.39 is 12.1 Å². The number of ether oxygens (including phenoxy) is 3. The maximum Gasteiger partial charge on any atom is 0.306 e. The van der Waals surface area contributed by atoms with Crippen LogP contribution < -0.4 is 0 Å². The SMILES string of the molecule is CC/C=C\C/C=C\C/C=C\C/C=C\C/C=C\C/C=C\CCC(=O)OC[C@H](COC(=O)CCCCC/C=C\C/C=C\C/C=C\C/C=C\C/C=C\CC)OC(=O)CCC/C=C\C/C=C\C/C=C\CCCCCCCC. The lowest BCUT2D eigenvalue weighted by Crippen LogP contribution is -2.30. The number of rotatable bonds is 49. The molecule has 406 valence electrons. The molecule has 0 saturated carbocycles. The smallest absolute Gasteiger partial charge is 0.306 e. The van der Waals surface area contributed by atoms with Crippen LogP contribution >= 0.6 is 0 Å². The molecule has 0 radical (unpaired) electrons. The average molecular weight is 1000 g/mol. The van der Waals surface area contributed by atoms with Gasteiger partial charge in [-0.2, -0.15) is 0 Å². The third kappa shape index (κ3) is 57.5. The van der Waals surface area contributed by atoms with Crippen molar-refractivity contribution in [1.29, 1.82) is 0 Å². The number of allylic oxidation sites excluding steroid dienone is 28. The standard InChI is InChI=1S/C67H102O6/c1-4-7-10-13-16-19-22-25-28-31-33-36-38-41-44-47-50-53-56-59-65(68)71-62-64(73-67(70)61-58-55-52-49-46-43-40-35-30-27-24-21-18-15-12-9-6-3)63-72-66(69)60-57-54-51-48-45-42-39-37-34-32-29-26-23-20-17-14-11-8-5-2/h7-8,10-11,16-17,19-20,25-30,33-34,36-37,40-45,49-50,52-53,64H,4-6,9,12-15,18,21-24,31-32,35,38-39,46-48,51,54-63H2,1-3H3/b10-7-,11-8-,19-16-,20-17-,28-25-,29-26-,30-27-,36-33-,37-34-,43-40-,44-41-,45-42-,52-49-,53-50-/t64-/m1/s1. The Kier molecular flexibility index (Phi) is 55.1. The summed E-state index contributed by atoms with van der Waals surface area (Å²) in [5, 5.41) is 0. The Morgan fingerprint density at radius 3 is 0.959 bits per heavy atom. The van der Waals surface area contributed by atoms with Gasteiger partial charge in [0, 0.05) is 19.3 Å². The van der Waals surface area contributed by atoms with Crippen molar-refractivity contribution in [2.45, 2.75) is 219 Å². The van der Waals surface area contributed by atoms with Crippen molar-refractivity contribution in [2.75, 3.05) is 13.2 Å². The molecule has 0 aromatic rings. The van der Waals surface area contributed by atoms with Crippen molar-refractivity contribution < 1.29 is 28.6 Å². The monoisotopic (exact) mass is 1000 g/mol.